The van der Waals surface area contributed by atoms with Gasteiger partial charge in [0.15, 0.2) is 0 Å². The fraction of sp³-hybridized carbons (Fsp3) is 0.118. The number of nitrogens with two attached hydrogens (primary N) is 1. The summed E-state index contributed by atoms with van der Waals surface area (Å²) in [5.74, 6) is -1.12. The normalized spacial score (nSPS) is 11.7. The summed E-state index contributed by atoms with van der Waals surface area (Å²) in [7, 11) is -0.833. The van der Waals surface area contributed by atoms with Crippen LogP contribution in [0.25, 0.3) is 22.0 Å². The van der Waals surface area contributed by atoms with Crippen molar-refractivity contribution in [3.8, 4) is 11.1 Å². The summed E-state index contributed by atoms with van der Waals surface area (Å²) >= 11 is 0. The Morgan fingerprint density at radius 3 is 2.40 bits per heavy atom. The van der Waals surface area contributed by atoms with Gasteiger partial charge in [0.2, 0.25) is 10.0 Å². The van der Waals surface area contributed by atoms with Gasteiger partial charge in [-0.2, -0.15) is 0 Å². The molecule has 0 saturated heterocycles. The zero-order valence-electron chi connectivity index (χ0n) is 13.6. The molecule has 0 atom stereocenters. The van der Waals surface area contributed by atoms with E-state index in [1.54, 1.807) is 38.4 Å². The number of H-pyrrole nitrogens is 1. The number of amides is 1. The molecule has 6 nitrogen and oxygen atoms in total. The van der Waals surface area contributed by atoms with Crippen molar-refractivity contribution in [1.29, 1.82) is 0 Å². The number of nitrogens with zero attached hydrogens (tertiary/aromatic N) is 1. The molecule has 3 N–H and O–H groups in total. The maximum atomic E-state index is 14.9. The van der Waals surface area contributed by atoms with Gasteiger partial charge < -0.3 is 9.88 Å². The van der Waals surface area contributed by atoms with Crippen LogP contribution in [0.3, 0.4) is 0 Å². The number of carbonyl (C=O) groups excluding carboxylic acids is 1. The number of nitrogens with one attached hydrogen (secondary N) is 1. The average molecular weight is 361 g/mol. The number of rotatable bonds is 3. The Balaban J connectivity index is 2.27. The minimum atomic E-state index is -3.91. The van der Waals surface area contributed by atoms with Crippen molar-refractivity contribution in [2.45, 2.75) is 4.90 Å². The van der Waals surface area contributed by atoms with Crippen molar-refractivity contribution in [3.05, 3.63) is 54.0 Å². The van der Waals surface area contributed by atoms with Crippen molar-refractivity contribution < 1.29 is 17.6 Å². The van der Waals surface area contributed by atoms with Gasteiger partial charge in [-0.15, -0.1) is 0 Å². The zero-order chi connectivity index (χ0) is 18.4. The minimum absolute atomic E-state index is 0.0577. The summed E-state index contributed by atoms with van der Waals surface area (Å²) in [6.07, 6.45) is 1.27. The number of primary sulfonamides is 1. The minimum Gasteiger partial charge on any atom is -0.359 e. The molecule has 0 aliphatic carbocycles. The van der Waals surface area contributed by atoms with E-state index in [0.717, 1.165) is 0 Å². The monoisotopic (exact) mass is 361 g/mol. The van der Waals surface area contributed by atoms with E-state index in [1.807, 2.05) is 0 Å². The van der Waals surface area contributed by atoms with Gasteiger partial charge in [0.25, 0.3) is 5.91 Å². The molecule has 1 amide bonds. The lowest BCUT2D eigenvalue weighted by Gasteiger charge is -2.13. The smallest absolute Gasteiger partial charge is 0.256 e. The lowest BCUT2D eigenvalue weighted by molar-refractivity contribution is 0.0823. The van der Waals surface area contributed by atoms with Crippen molar-refractivity contribution >= 4 is 26.8 Å². The maximum Gasteiger partial charge on any atom is 0.256 e. The Morgan fingerprint density at radius 1 is 1.12 bits per heavy atom. The Morgan fingerprint density at radius 2 is 1.76 bits per heavy atom. The fourth-order valence-corrected chi connectivity index (χ4v) is 3.43. The van der Waals surface area contributed by atoms with Gasteiger partial charge in [0, 0.05) is 36.8 Å². The largest absolute Gasteiger partial charge is 0.359 e. The van der Waals surface area contributed by atoms with Gasteiger partial charge in [-0.25, -0.2) is 17.9 Å². The van der Waals surface area contributed by atoms with E-state index in [1.165, 1.54) is 23.2 Å². The molecule has 0 spiro atoms. The van der Waals surface area contributed by atoms with Crippen LogP contribution in [0.4, 0.5) is 4.39 Å². The third-order valence-electron chi connectivity index (χ3n) is 3.91. The van der Waals surface area contributed by atoms with Crippen LogP contribution >= 0.6 is 0 Å². The van der Waals surface area contributed by atoms with E-state index in [4.69, 9.17) is 5.14 Å². The number of aromatic amines is 1. The maximum absolute atomic E-state index is 14.9. The molecule has 2 aromatic carbocycles. The number of halogens is 1. The highest BCUT2D eigenvalue weighted by Crippen LogP contribution is 2.33. The molecular weight excluding hydrogens is 345 g/mol. The molecule has 0 unspecified atom stereocenters. The summed E-state index contributed by atoms with van der Waals surface area (Å²) in [4.78, 5) is 16.2. The van der Waals surface area contributed by atoms with E-state index < -0.39 is 21.7 Å². The lowest BCUT2D eigenvalue weighted by atomic mass is 9.99. The Labute approximate surface area is 144 Å². The third-order valence-corrected chi connectivity index (χ3v) is 4.86. The molecule has 130 valence electrons. The number of fused-ring (bicyclic) bond motifs is 1. The molecule has 8 heteroatoms. The summed E-state index contributed by atoms with van der Waals surface area (Å²) in [5, 5.41) is 5.58. The van der Waals surface area contributed by atoms with Crippen LogP contribution in [0.1, 0.15) is 10.4 Å². The Kier molecular flexibility index (Phi) is 4.09. The van der Waals surface area contributed by atoms with Crippen molar-refractivity contribution in [2.75, 3.05) is 14.1 Å². The molecule has 0 saturated carbocycles. The fourth-order valence-electron chi connectivity index (χ4n) is 2.73. The first-order valence-corrected chi connectivity index (χ1v) is 8.90. The van der Waals surface area contributed by atoms with Gasteiger partial charge in [0.1, 0.15) is 10.7 Å². The summed E-state index contributed by atoms with van der Waals surface area (Å²) in [6, 6.07) is 9.37. The quantitative estimate of drug-likeness (QED) is 0.749. The molecule has 3 aromatic rings. The number of hydrogen-bond acceptors (Lipinski definition) is 3. The highest BCUT2D eigenvalue weighted by molar-refractivity contribution is 7.89. The highest BCUT2D eigenvalue weighted by atomic mass is 32.2. The molecule has 0 aliphatic rings. The molecule has 0 bridgehead atoms. The number of aromatic nitrogens is 1. The predicted molar refractivity (Wildman–Crippen MR) is 93.1 cm³/mol. The van der Waals surface area contributed by atoms with E-state index >= 15 is 0 Å². The standard InChI is InChI=1S/C17H16FN3O3S/c1-21(2)17(22)13-8-3-5-10(15(13)18)11-6-4-7-12-14(25(19,23)24)9-20-16(11)12/h3-9,20H,1-2H3,(H2,19,23,24). The SMILES string of the molecule is CN(C)C(=O)c1cccc(-c2cccc3c(S(N)(=O)=O)c[nH]c23)c1F. The molecular formula is C17H16FN3O3S. The van der Waals surface area contributed by atoms with E-state index in [2.05, 4.69) is 4.98 Å². The van der Waals surface area contributed by atoms with Gasteiger partial charge in [-0.05, 0) is 6.07 Å². The van der Waals surface area contributed by atoms with Gasteiger partial charge in [0.05, 0.1) is 11.1 Å². The van der Waals surface area contributed by atoms with Gasteiger partial charge in [-0.1, -0.05) is 30.3 Å². The first kappa shape index (κ1) is 17.1. The molecule has 0 fully saturated rings. The van der Waals surface area contributed by atoms with Crippen molar-refractivity contribution in [3.63, 3.8) is 0 Å². The third kappa shape index (κ3) is 2.90. The first-order chi connectivity index (χ1) is 11.7. The van der Waals surface area contributed by atoms with Crippen LogP contribution in [0.15, 0.2) is 47.5 Å². The second-order valence-corrected chi connectivity index (χ2v) is 7.32. The van der Waals surface area contributed by atoms with Crippen LogP contribution in [0.2, 0.25) is 0 Å². The number of sulfonamides is 1. The Hall–Kier alpha value is -2.71. The van der Waals surface area contributed by atoms with E-state index in [0.29, 0.717) is 16.5 Å². The van der Waals surface area contributed by atoms with E-state index in [9.17, 15) is 17.6 Å². The number of para-hydroxylation sites is 1. The number of benzene rings is 2. The summed E-state index contributed by atoms with van der Waals surface area (Å²) < 4.78 is 38.3. The van der Waals surface area contributed by atoms with Crippen LogP contribution < -0.4 is 5.14 Å². The highest BCUT2D eigenvalue weighted by Gasteiger charge is 2.21. The number of carbonyl (C=O) groups is 1. The van der Waals surface area contributed by atoms with Gasteiger partial charge in [-0.3, -0.25) is 4.79 Å². The van der Waals surface area contributed by atoms with Crippen LogP contribution in [-0.4, -0.2) is 38.3 Å². The van der Waals surface area contributed by atoms with Crippen LogP contribution in [0.5, 0.6) is 0 Å². The summed E-state index contributed by atoms with van der Waals surface area (Å²) in [5.41, 5.74) is 1.01. The van der Waals surface area contributed by atoms with Crippen LogP contribution in [-0.2, 0) is 10.0 Å². The lowest BCUT2D eigenvalue weighted by Crippen LogP contribution is -2.22. The number of hydrogen-bond donors (Lipinski definition) is 2. The summed E-state index contributed by atoms with van der Waals surface area (Å²) in [6.45, 7) is 0. The molecule has 1 aromatic heterocycles. The Bertz CT molecular complexity index is 1090. The predicted octanol–water partition coefficient (Wildman–Crippen LogP) is 2.32. The second kappa shape index (κ2) is 5.98. The average Bonchev–Trinajstić information content (AvgIpc) is 2.98. The van der Waals surface area contributed by atoms with E-state index in [-0.39, 0.29) is 16.0 Å². The zero-order valence-corrected chi connectivity index (χ0v) is 14.4. The first-order valence-electron chi connectivity index (χ1n) is 7.35. The molecule has 0 aliphatic heterocycles. The molecule has 0 radical (unpaired) electrons. The molecule has 25 heavy (non-hydrogen) atoms. The molecule has 1 heterocycles. The van der Waals surface area contributed by atoms with Crippen LogP contribution in [0, 0.1) is 5.82 Å². The van der Waals surface area contributed by atoms with Gasteiger partial charge >= 0.3 is 0 Å². The second-order valence-electron chi connectivity index (χ2n) is 5.79. The van der Waals surface area contributed by atoms with Crippen molar-refractivity contribution in [1.82, 2.24) is 9.88 Å². The topological polar surface area (TPSA) is 96.3 Å². The van der Waals surface area contributed by atoms with Crippen molar-refractivity contribution in [2.24, 2.45) is 5.14 Å². The molecule has 3 rings (SSSR count).